The molecule has 0 aromatic carbocycles. The lowest BCUT2D eigenvalue weighted by atomic mass is 9.52. The van der Waals surface area contributed by atoms with Crippen LogP contribution in [0.5, 0.6) is 0 Å². The molecule has 1 aliphatic carbocycles. The van der Waals surface area contributed by atoms with Crippen LogP contribution in [0.2, 0.25) is 0 Å². The molecule has 0 unspecified atom stereocenters. The molecule has 0 atom stereocenters. The fourth-order valence-corrected chi connectivity index (χ4v) is 4.36. The molecule has 2 rings (SSSR count). The number of hydrogen-bond donors (Lipinski definition) is 2. The molecule has 0 aromatic rings. The minimum Gasteiger partial charge on any atom is -0.388 e. The molecule has 1 saturated carbocycles. The van der Waals surface area contributed by atoms with Crippen molar-refractivity contribution in [3.63, 3.8) is 0 Å². The standard InChI is InChI=1S/C11H21NOS/c1-9(2)7-10(12,8-9)11(13)3-5-14-6-4-11/h13H,3-8,12H2,1-2H3. The number of hydrogen-bond acceptors (Lipinski definition) is 3. The molecule has 0 aromatic heterocycles. The van der Waals surface area contributed by atoms with E-state index in [2.05, 4.69) is 13.8 Å². The molecule has 0 radical (unpaired) electrons. The normalized spacial score (nSPS) is 33.4. The van der Waals surface area contributed by atoms with Gasteiger partial charge >= 0.3 is 0 Å². The largest absolute Gasteiger partial charge is 0.388 e. The molecule has 2 aliphatic rings. The van der Waals surface area contributed by atoms with E-state index in [1.54, 1.807) is 0 Å². The Kier molecular flexibility index (Phi) is 2.41. The maximum Gasteiger partial charge on any atom is 0.0842 e. The first-order chi connectivity index (χ1) is 6.37. The molecule has 1 saturated heterocycles. The predicted octanol–water partition coefficient (Wildman–Crippen LogP) is 1.76. The highest BCUT2D eigenvalue weighted by molar-refractivity contribution is 7.99. The summed E-state index contributed by atoms with van der Waals surface area (Å²) in [6.07, 6.45) is 3.71. The summed E-state index contributed by atoms with van der Waals surface area (Å²) in [5.41, 5.74) is 5.80. The van der Waals surface area contributed by atoms with Crippen LogP contribution in [-0.4, -0.2) is 27.8 Å². The zero-order valence-electron chi connectivity index (χ0n) is 9.18. The molecule has 3 N–H and O–H groups in total. The van der Waals surface area contributed by atoms with Crippen LogP contribution in [0.4, 0.5) is 0 Å². The second-order valence-electron chi connectivity index (χ2n) is 5.82. The van der Waals surface area contributed by atoms with Gasteiger partial charge in [-0.05, 0) is 42.6 Å². The number of thioether (sulfide) groups is 1. The fourth-order valence-electron chi connectivity index (χ4n) is 3.19. The predicted molar refractivity (Wildman–Crippen MR) is 61.4 cm³/mol. The lowest BCUT2D eigenvalue weighted by Crippen LogP contribution is -2.70. The molecule has 14 heavy (non-hydrogen) atoms. The summed E-state index contributed by atoms with van der Waals surface area (Å²) < 4.78 is 0. The smallest absolute Gasteiger partial charge is 0.0842 e. The molecule has 0 bridgehead atoms. The van der Waals surface area contributed by atoms with Crippen molar-refractivity contribution < 1.29 is 5.11 Å². The van der Waals surface area contributed by atoms with Crippen molar-refractivity contribution >= 4 is 11.8 Å². The minimum atomic E-state index is -0.576. The van der Waals surface area contributed by atoms with E-state index in [-0.39, 0.29) is 5.54 Å². The average molecular weight is 215 g/mol. The van der Waals surface area contributed by atoms with Gasteiger partial charge in [0.25, 0.3) is 0 Å². The van der Waals surface area contributed by atoms with Gasteiger partial charge in [-0.2, -0.15) is 11.8 Å². The summed E-state index contributed by atoms with van der Waals surface area (Å²) in [5, 5.41) is 10.5. The van der Waals surface area contributed by atoms with Gasteiger partial charge in [0.05, 0.1) is 5.60 Å². The highest BCUT2D eigenvalue weighted by Gasteiger charge is 2.58. The summed E-state index contributed by atoms with van der Waals surface area (Å²) >= 11 is 1.93. The first-order valence-corrected chi connectivity index (χ1v) is 6.62. The average Bonchev–Trinajstić information content (AvgIpc) is 2.01. The van der Waals surface area contributed by atoms with Gasteiger partial charge in [0, 0.05) is 5.54 Å². The highest BCUT2D eigenvalue weighted by Crippen LogP contribution is 2.54. The molecular formula is C11H21NOS. The van der Waals surface area contributed by atoms with Gasteiger partial charge in [-0.3, -0.25) is 0 Å². The van der Waals surface area contributed by atoms with Gasteiger partial charge in [0.1, 0.15) is 0 Å². The summed E-state index contributed by atoms with van der Waals surface area (Å²) in [6, 6.07) is 0. The Hall–Kier alpha value is 0.270. The van der Waals surface area contributed by atoms with Gasteiger partial charge in [-0.1, -0.05) is 13.8 Å². The third-order valence-corrected chi connectivity index (χ3v) is 4.82. The Bertz CT molecular complexity index is 225. The van der Waals surface area contributed by atoms with Crippen LogP contribution < -0.4 is 5.73 Å². The van der Waals surface area contributed by atoms with Crippen molar-refractivity contribution in [3.05, 3.63) is 0 Å². The molecule has 82 valence electrons. The van der Waals surface area contributed by atoms with Crippen LogP contribution >= 0.6 is 11.8 Å². The van der Waals surface area contributed by atoms with E-state index >= 15 is 0 Å². The van der Waals surface area contributed by atoms with E-state index in [1.165, 1.54) is 0 Å². The topological polar surface area (TPSA) is 46.2 Å². The van der Waals surface area contributed by atoms with Crippen LogP contribution in [0.1, 0.15) is 39.5 Å². The van der Waals surface area contributed by atoms with Crippen LogP contribution in [0.3, 0.4) is 0 Å². The number of aliphatic hydroxyl groups is 1. The molecule has 3 heteroatoms. The van der Waals surface area contributed by atoms with Crippen LogP contribution in [0.15, 0.2) is 0 Å². The summed E-state index contributed by atoms with van der Waals surface area (Å²) in [5.74, 6) is 2.13. The molecule has 2 fully saturated rings. The first kappa shape index (κ1) is 10.8. The number of nitrogens with two attached hydrogens (primary N) is 1. The molecule has 1 aliphatic heterocycles. The van der Waals surface area contributed by atoms with Gasteiger partial charge in [0.2, 0.25) is 0 Å². The van der Waals surface area contributed by atoms with Crippen molar-refractivity contribution in [2.45, 2.75) is 50.7 Å². The minimum absolute atomic E-state index is 0.294. The summed E-state index contributed by atoms with van der Waals surface area (Å²) in [7, 11) is 0. The quantitative estimate of drug-likeness (QED) is 0.700. The van der Waals surface area contributed by atoms with Crippen molar-refractivity contribution in [1.82, 2.24) is 0 Å². The van der Waals surface area contributed by atoms with Crippen LogP contribution in [-0.2, 0) is 0 Å². The van der Waals surface area contributed by atoms with Gasteiger partial charge < -0.3 is 10.8 Å². The summed E-state index contributed by atoms with van der Waals surface area (Å²) in [6.45, 7) is 4.47. The van der Waals surface area contributed by atoms with E-state index in [1.807, 2.05) is 11.8 Å². The molecule has 1 heterocycles. The third kappa shape index (κ3) is 1.59. The maximum atomic E-state index is 10.5. The first-order valence-electron chi connectivity index (χ1n) is 5.46. The molecular weight excluding hydrogens is 194 g/mol. The van der Waals surface area contributed by atoms with E-state index in [0.717, 1.165) is 37.2 Å². The maximum absolute atomic E-state index is 10.5. The Morgan fingerprint density at radius 2 is 1.64 bits per heavy atom. The molecule has 2 nitrogen and oxygen atoms in total. The molecule has 0 spiro atoms. The Morgan fingerprint density at radius 1 is 1.14 bits per heavy atom. The SMILES string of the molecule is CC1(C)CC(N)(C2(O)CCSCC2)C1. The van der Waals surface area contributed by atoms with E-state index in [4.69, 9.17) is 5.73 Å². The van der Waals surface area contributed by atoms with Crippen LogP contribution in [0.25, 0.3) is 0 Å². The lowest BCUT2D eigenvalue weighted by molar-refractivity contribution is -0.120. The zero-order chi connectivity index (χ0) is 10.4. The van der Waals surface area contributed by atoms with Crippen molar-refractivity contribution in [2.24, 2.45) is 11.1 Å². The fraction of sp³-hybridized carbons (Fsp3) is 1.00. The van der Waals surface area contributed by atoms with Crippen molar-refractivity contribution in [1.29, 1.82) is 0 Å². The van der Waals surface area contributed by atoms with Crippen molar-refractivity contribution in [2.75, 3.05) is 11.5 Å². The van der Waals surface area contributed by atoms with Gasteiger partial charge in [-0.25, -0.2) is 0 Å². The number of rotatable bonds is 1. The highest BCUT2D eigenvalue weighted by atomic mass is 32.2. The van der Waals surface area contributed by atoms with Gasteiger partial charge in [0.15, 0.2) is 0 Å². The second-order valence-corrected chi connectivity index (χ2v) is 7.04. The second kappa shape index (κ2) is 3.13. The Balaban J connectivity index is 2.07. The van der Waals surface area contributed by atoms with E-state index in [0.29, 0.717) is 5.41 Å². The Labute approximate surface area is 90.6 Å². The Morgan fingerprint density at radius 3 is 2.07 bits per heavy atom. The van der Waals surface area contributed by atoms with Crippen molar-refractivity contribution in [3.8, 4) is 0 Å². The van der Waals surface area contributed by atoms with Gasteiger partial charge in [-0.15, -0.1) is 0 Å². The monoisotopic (exact) mass is 215 g/mol. The van der Waals surface area contributed by atoms with E-state index < -0.39 is 5.60 Å². The van der Waals surface area contributed by atoms with Crippen LogP contribution in [0, 0.1) is 5.41 Å². The lowest BCUT2D eigenvalue weighted by Gasteiger charge is -2.59. The third-order valence-electron chi connectivity index (χ3n) is 3.83. The zero-order valence-corrected chi connectivity index (χ0v) is 9.99. The van der Waals surface area contributed by atoms with E-state index in [9.17, 15) is 5.11 Å². The molecule has 0 amide bonds. The summed E-state index contributed by atoms with van der Waals surface area (Å²) in [4.78, 5) is 0.